The first-order chi connectivity index (χ1) is 24.5. The van der Waals surface area contributed by atoms with Crippen molar-refractivity contribution in [1.82, 2.24) is 0 Å². The van der Waals surface area contributed by atoms with Crippen molar-refractivity contribution in [2.45, 2.75) is 27.2 Å². The molecule has 50 heavy (non-hydrogen) atoms. The van der Waals surface area contributed by atoms with E-state index in [1.165, 1.54) is 55.5 Å². The van der Waals surface area contributed by atoms with Gasteiger partial charge in [0.15, 0.2) is 0 Å². The van der Waals surface area contributed by atoms with Crippen molar-refractivity contribution < 1.29 is 0 Å². The fourth-order valence-corrected chi connectivity index (χ4v) is 6.90. The van der Waals surface area contributed by atoms with Crippen LogP contribution in [-0.2, 0) is 0 Å². The largest absolute Gasteiger partial charge is 0.310 e. The van der Waals surface area contributed by atoms with Gasteiger partial charge in [-0.05, 0) is 114 Å². The standard InChI is InChI=1S/C48H42N2/c1-5-6-9-16-38-25-23-35(2)47(37(38)4)49(42-18-10-7-11-19-42)44-31-27-39(28-32-44)40-29-33-45(34-30-40)50(43-20-12-8-13-21-43)48-36(3)24-26-41-17-14-15-22-46(41)48/h5,7-34H,1,6H2,2-4H3/b16-9-. The molecule has 0 spiro atoms. The van der Waals surface area contributed by atoms with Gasteiger partial charge in [-0.2, -0.15) is 0 Å². The van der Waals surface area contributed by atoms with Crippen LogP contribution in [0.5, 0.6) is 0 Å². The minimum Gasteiger partial charge on any atom is -0.310 e. The van der Waals surface area contributed by atoms with Crippen LogP contribution in [0.2, 0.25) is 0 Å². The zero-order valence-corrected chi connectivity index (χ0v) is 29.1. The van der Waals surface area contributed by atoms with Crippen molar-refractivity contribution in [3.63, 3.8) is 0 Å². The van der Waals surface area contributed by atoms with Gasteiger partial charge in [0.1, 0.15) is 0 Å². The molecule has 2 heteroatoms. The molecule has 7 rings (SSSR count). The average molecular weight is 647 g/mol. The van der Waals surface area contributed by atoms with E-state index in [0.717, 1.165) is 29.2 Å². The van der Waals surface area contributed by atoms with E-state index >= 15 is 0 Å². The average Bonchev–Trinajstić information content (AvgIpc) is 3.16. The summed E-state index contributed by atoms with van der Waals surface area (Å²) < 4.78 is 0. The van der Waals surface area contributed by atoms with Crippen LogP contribution in [0.25, 0.3) is 28.0 Å². The molecular weight excluding hydrogens is 605 g/mol. The van der Waals surface area contributed by atoms with Gasteiger partial charge in [-0.3, -0.25) is 0 Å². The third-order valence-electron chi connectivity index (χ3n) is 9.44. The maximum Gasteiger partial charge on any atom is 0.0569 e. The van der Waals surface area contributed by atoms with Crippen LogP contribution < -0.4 is 9.80 Å². The van der Waals surface area contributed by atoms with E-state index in [2.05, 4.69) is 207 Å². The summed E-state index contributed by atoms with van der Waals surface area (Å²) >= 11 is 0. The second-order valence-electron chi connectivity index (χ2n) is 12.8. The molecule has 0 aliphatic carbocycles. The topological polar surface area (TPSA) is 6.48 Å². The molecule has 0 N–H and O–H groups in total. The Labute approximate surface area is 296 Å². The van der Waals surface area contributed by atoms with Gasteiger partial charge >= 0.3 is 0 Å². The van der Waals surface area contributed by atoms with Crippen molar-refractivity contribution in [2.24, 2.45) is 0 Å². The molecule has 244 valence electrons. The Hall–Kier alpha value is -6.12. The van der Waals surface area contributed by atoms with Crippen molar-refractivity contribution in [1.29, 1.82) is 0 Å². The molecule has 0 saturated heterocycles. The lowest BCUT2D eigenvalue weighted by Gasteiger charge is -2.29. The molecule has 7 aromatic carbocycles. The van der Waals surface area contributed by atoms with E-state index < -0.39 is 0 Å². The molecule has 0 saturated carbocycles. The Morgan fingerprint density at radius 3 is 1.54 bits per heavy atom. The van der Waals surface area contributed by atoms with Crippen LogP contribution >= 0.6 is 0 Å². The van der Waals surface area contributed by atoms with Crippen LogP contribution in [0.3, 0.4) is 0 Å². The lowest BCUT2D eigenvalue weighted by Crippen LogP contribution is -2.13. The summed E-state index contributed by atoms with van der Waals surface area (Å²) in [5, 5.41) is 2.47. The zero-order valence-electron chi connectivity index (χ0n) is 29.1. The summed E-state index contributed by atoms with van der Waals surface area (Å²) in [5.74, 6) is 0. The number of para-hydroxylation sites is 2. The second-order valence-corrected chi connectivity index (χ2v) is 12.8. The quantitative estimate of drug-likeness (QED) is 0.136. The molecule has 0 aliphatic heterocycles. The first kappa shape index (κ1) is 32.4. The van der Waals surface area contributed by atoms with Gasteiger partial charge in [-0.25, -0.2) is 0 Å². The molecule has 2 nitrogen and oxygen atoms in total. The maximum atomic E-state index is 3.87. The zero-order chi connectivity index (χ0) is 34.5. The summed E-state index contributed by atoms with van der Waals surface area (Å²) in [6.07, 6.45) is 7.15. The van der Waals surface area contributed by atoms with E-state index in [1.807, 2.05) is 6.08 Å². The number of allylic oxidation sites excluding steroid dienone is 2. The van der Waals surface area contributed by atoms with Crippen LogP contribution in [0, 0.1) is 20.8 Å². The molecule has 7 aromatic rings. The highest BCUT2D eigenvalue weighted by atomic mass is 15.2. The summed E-state index contributed by atoms with van der Waals surface area (Å²) in [7, 11) is 0. The number of rotatable bonds is 10. The van der Waals surface area contributed by atoms with Crippen molar-refractivity contribution in [3.05, 3.63) is 199 Å². The fourth-order valence-electron chi connectivity index (χ4n) is 6.90. The first-order valence-corrected chi connectivity index (χ1v) is 17.3. The Balaban J connectivity index is 1.26. The van der Waals surface area contributed by atoms with Gasteiger partial charge < -0.3 is 9.80 Å². The number of benzene rings is 7. The molecule has 0 unspecified atom stereocenters. The number of anilines is 6. The van der Waals surface area contributed by atoms with Crippen LogP contribution in [0.4, 0.5) is 34.1 Å². The summed E-state index contributed by atoms with van der Waals surface area (Å²) in [4.78, 5) is 4.76. The predicted molar refractivity (Wildman–Crippen MR) is 217 cm³/mol. The molecule has 0 radical (unpaired) electrons. The number of aryl methyl sites for hydroxylation is 2. The fraction of sp³-hybridized carbons (Fsp3) is 0.0833. The number of nitrogens with zero attached hydrogens (tertiary/aromatic N) is 2. The predicted octanol–water partition coefficient (Wildman–Crippen LogP) is 14.0. The lowest BCUT2D eigenvalue weighted by atomic mass is 9.99. The number of fused-ring (bicyclic) bond motifs is 1. The van der Waals surface area contributed by atoms with Crippen molar-refractivity contribution in [2.75, 3.05) is 9.80 Å². The third kappa shape index (κ3) is 6.49. The normalized spacial score (nSPS) is 11.2. The summed E-state index contributed by atoms with van der Waals surface area (Å²) in [6, 6.07) is 56.7. The molecule has 0 heterocycles. The molecule has 0 amide bonds. The Morgan fingerprint density at radius 1 is 0.480 bits per heavy atom. The van der Waals surface area contributed by atoms with E-state index in [9.17, 15) is 0 Å². The highest BCUT2D eigenvalue weighted by Crippen LogP contribution is 2.43. The van der Waals surface area contributed by atoms with Crippen LogP contribution in [-0.4, -0.2) is 0 Å². The van der Waals surface area contributed by atoms with Gasteiger partial charge in [0.25, 0.3) is 0 Å². The summed E-state index contributed by atoms with van der Waals surface area (Å²) in [5.41, 5.74) is 14.2. The van der Waals surface area contributed by atoms with Crippen LogP contribution in [0.15, 0.2) is 176 Å². The highest BCUT2D eigenvalue weighted by Gasteiger charge is 2.20. The Kier molecular flexibility index (Phi) is 9.44. The molecule has 0 aromatic heterocycles. The third-order valence-corrected chi connectivity index (χ3v) is 9.44. The molecule has 0 bridgehead atoms. The minimum atomic E-state index is 0.848. The van der Waals surface area contributed by atoms with Crippen LogP contribution in [0.1, 0.15) is 28.7 Å². The van der Waals surface area contributed by atoms with Gasteiger partial charge in [-0.1, -0.05) is 127 Å². The first-order valence-electron chi connectivity index (χ1n) is 17.3. The van der Waals surface area contributed by atoms with E-state index in [0.29, 0.717) is 0 Å². The van der Waals surface area contributed by atoms with Gasteiger partial charge in [0, 0.05) is 28.1 Å². The molecule has 0 fully saturated rings. The molecular formula is C48H42N2. The van der Waals surface area contributed by atoms with E-state index in [1.54, 1.807) is 0 Å². The van der Waals surface area contributed by atoms with Crippen molar-refractivity contribution >= 4 is 51.0 Å². The van der Waals surface area contributed by atoms with E-state index in [4.69, 9.17) is 0 Å². The lowest BCUT2D eigenvalue weighted by molar-refractivity contribution is 1.21. The molecule has 0 aliphatic rings. The van der Waals surface area contributed by atoms with Crippen molar-refractivity contribution in [3.8, 4) is 11.1 Å². The minimum absolute atomic E-state index is 0.848. The van der Waals surface area contributed by atoms with Gasteiger partial charge in [0.05, 0.1) is 11.4 Å². The van der Waals surface area contributed by atoms with Gasteiger partial charge in [0.2, 0.25) is 0 Å². The second kappa shape index (κ2) is 14.6. The maximum absolute atomic E-state index is 3.87. The smallest absolute Gasteiger partial charge is 0.0569 e. The van der Waals surface area contributed by atoms with E-state index in [-0.39, 0.29) is 0 Å². The summed E-state index contributed by atoms with van der Waals surface area (Å²) in [6.45, 7) is 10.5. The highest BCUT2D eigenvalue weighted by molar-refractivity contribution is 6.00. The number of hydrogen-bond acceptors (Lipinski definition) is 2. The monoisotopic (exact) mass is 646 g/mol. The Bertz CT molecular complexity index is 2270. The van der Waals surface area contributed by atoms with Gasteiger partial charge in [-0.15, -0.1) is 6.58 Å². The Morgan fingerprint density at radius 2 is 0.960 bits per heavy atom. The number of hydrogen-bond donors (Lipinski definition) is 0. The SMILES string of the molecule is C=CC/C=C\c1ccc(C)c(N(c2ccccc2)c2ccc(-c3ccc(N(c4ccccc4)c4c(C)ccc5ccccc45)cc3)cc2)c1C. The molecule has 0 atom stereocenters.